The zero-order valence-corrected chi connectivity index (χ0v) is 11.2. The maximum absolute atomic E-state index is 13.6. The number of rotatable bonds is 3. The van der Waals surface area contributed by atoms with Gasteiger partial charge < -0.3 is 4.74 Å². The smallest absolute Gasteiger partial charge is 0.166 e. The van der Waals surface area contributed by atoms with Gasteiger partial charge in [-0.2, -0.15) is 5.26 Å². The van der Waals surface area contributed by atoms with Crippen molar-refractivity contribution < 1.29 is 9.13 Å². The Morgan fingerprint density at radius 3 is 2.68 bits per heavy atom. The van der Waals surface area contributed by atoms with Crippen molar-refractivity contribution >= 4 is 23.2 Å². The first-order valence-corrected chi connectivity index (χ1v) is 6.12. The van der Waals surface area contributed by atoms with Crippen LogP contribution in [0.2, 0.25) is 10.0 Å². The highest BCUT2D eigenvalue weighted by atomic mass is 35.5. The molecule has 0 aliphatic heterocycles. The Hall–Kier alpha value is -1.76. The molecule has 0 atom stereocenters. The number of hydrogen-bond donors (Lipinski definition) is 0. The molecule has 0 heterocycles. The van der Waals surface area contributed by atoms with Crippen LogP contribution in [0.15, 0.2) is 36.4 Å². The van der Waals surface area contributed by atoms with E-state index in [4.69, 9.17) is 33.2 Å². The molecule has 0 saturated heterocycles. The van der Waals surface area contributed by atoms with Crippen LogP contribution >= 0.6 is 23.2 Å². The lowest BCUT2D eigenvalue weighted by Crippen LogP contribution is -1.98. The van der Waals surface area contributed by atoms with Gasteiger partial charge in [-0.1, -0.05) is 35.3 Å². The van der Waals surface area contributed by atoms with Crippen molar-refractivity contribution in [3.05, 3.63) is 63.4 Å². The average Bonchev–Trinajstić information content (AvgIpc) is 2.41. The average molecular weight is 296 g/mol. The molecule has 19 heavy (non-hydrogen) atoms. The number of benzene rings is 2. The van der Waals surface area contributed by atoms with E-state index in [1.807, 2.05) is 6.07 Å². The number of nitriles is 1. The first-order chi connectivity index (χ1) is 9.11. The summed E-state index contributed by atoms with van der Waals surface area (Å²) in [7, 11) is 0. The van der Waals surface area contributed by atoms with Crippen molar-refractivity contribution in [2.75, 3.05) is 0 Å². The van der Waals surface area contributed by atoms with Crippen molar-refractivity contribution in [2.24, 2.45) is 0 Å². The van der Waals surface area contributed by atoms with Crippen LogP contribution in [0.4, 0.5) is 4.39 Å². The van der Waals surface area contributed by atoms with E-state index in [2.05, 4.69) is 0 Å². The molecule has 0 saturated carbocycles. The van der Waals surface area contributed by atoms with Gasteiger partial charge in [-0.3, -0.25) is 0 Å². The van der Waals surface area contributed by atoms with E-state index in [0.29, 0.717) is 15.6 Å². The molecule has 0 aliphatic carbocycles. The second kappa shape index (κ2) is 5.92. The Morgan fingerprint density at radius 2 is 2.00 bits per heavy atom. The van der Waals surface area contributed by atoms with Gasteiger partial charge in [0.2, 0.25) is 0 Å². The maximum atomic E-state index is 13.6. The van der Waals surface area contributed by atoms with E-state index in [1.54, 1.807) is 18.2 Å². The van der Waals surface area contributed by atoms with Gasteiger partial charge in [-0.25, -0.2) is 4.39 Å². The molecule has 2 nitrogen and oxygen atoms in total. The highest BCUT2D eigenvalue weighted by Gasteiger charge is 2.08. The molecule has 0 fully saturated rings. The number of nitrogens with zero attached hydrogens (tertiary/aromatic N) is 1. The summed E-state index contributed by atoms with van der Waals surface area (Å²) in [5.74, 6) is -0.521. The molecular formula is C14H8Cl2FNO. The molecule has 0 bridgehead atoms. The lowest BCUT2D eigenvalue weighted by atomic mass is 10.2. The van der Waals surface area contributed by atoms with E-state index >= 15 is 0 Å². The number of hydrogen-bond acceptors (Lipinski definition) is 2. The topological polar surface area (TPSA) is 33.0 Å². The summed E-state index contributed by atoms with van der Waals surface area (Å²) in [5, 5.41) is 9.44. The minimum Gasteiger partial charge on any atom is -0.486 e. The van der Waals surface area contributed by atoms with Crippen LogP contribution < -0.4 is 4.74 Å². The molecular weight excluding hydrogens is 288 g/mol. The van der Waals surface area contributed by atoms with Crippen molar-refractivity contribution in [1.29, 1.82) is 5.26 Å². The Bertz CT molecular complexity index is 652. The Morgan fingerprint density at radius 1 is 1.21 bits per heavy atom. The van der Waals surface area contributed by atoms with Crippen molar-refractivity contribution in [3.63, 3.8) is 0 Å². The monoisotopic (exact) mass is 295 g/mol. The highest BCUT2D eigenvalue weighted by Crippen LogP contribution is 2.27. The molecule has 2 aromatic rings. The molecule has 96 valence electrons. The molecule has 0 amide bonds. The van der Waals surface area contributed by atoms with Crippen LogP contribution in [0.25, 0.3) is 0 Å². The van der Waals surface area contributed by atoms with Gasteiger partial charge >= 0.3 is 0 Å². The van der Waals surface area contributed by atoms with Crippen LogP contribution in [-0.4, -0.2) is 0 Å². The summed E-state index contributed by atoms with van der Waals surface area (Å²) >= 11 is 11.9. The van der Waals surface area contributed by atoms with Crippen LogP contribution in [0, 0.1) is 17.1 Å². The first-order valence-electron chi connectivity index (χ1n) is 5.37. The quantitative estimate of drug-likeness (QED) is 0.830. The van der Waals surface area contributed by atoms with Crippen LogP contribution in [-0.2, 0) is 6.61 Å². The fraction of sp³-hybridized carbons (Fsp3) is 0.0714. The van der Waals surface area contributed by atoms with Gasteiger partial charge in [0.1, 0.15) is 6.61 Å². The molecule has 2 rings (SSSR count). The van der Waals surface area contributed by atoms with Crippen LogP contribution in [0.3, 0.4) is 0 Å². The van der Waals surface area contributed by atoms with Gasteiger partial charge in [0, 0.05) is 5.56 Å². The predicted octanol–water partition coefficient (Wildman–Crippen LogP) is 4.58. The van der Waals surface area contributed by atoms with E-state index in [9.17, 15) is 4.39 Å². The standard InChI is InChI=1S/C14H8Cl2FNO/c15-11-3-1-2-10(14(11)16)8-19-13-5-4-9(7-18)6-12(13)17/h1-6H,8H2. The van der Waals surface area contributed by atoms with Crippen molar-refractivity contribution in [3.8, 4) is 11.8 Å². The van der Waals surface area contributed by atoms with E-state index in [0.717, 1.165) is 6.07 Å². The van der Waals surface area contributed by atoms with Crippen LogP contribution in [0.1, 0.15) is 11.1 Å². The van der Waals surface area contributed by atoms with Crippen molar-refractivity contribution in [2.45, 2.75) is 6.61 Å². The van der Waals surface area contributed by atoms with Crippen LogP contribution in [0.5, 0.6) is 5.75 Å². The molecule has 5 heteroatoms. The third-order valence-corrected chi connectivity index (χ3v) is 3.33. The molecule has 0 spiro atoms. The lowest BCUT2D eigenvalue weighted by Gasteiger charge is -2.09. The summed E-state index contributed by atoms with van der Waals surface area (Å²) in [6, 6.07) is 11.0. The molecule has 0 aromatic heterocycles. The predicted molar refractivity (Wildman–Crippen MR) is 71.9 cm³/mol. The molecule has 0 aliphatic rings. The van der Waals surface area contributed by atoms with Crippen molar-refractivity contribution in [1.82, 2.24) is 0 Å². The maximum Gasteiger partial charge on any atom is 0.166 e. The Labute approximate surface area is 119 Å². The van der Waals surface area contributed by atoms with E-state index < -0.39 is 5.82 Å². The molecule has 0 N–H and O–H groups in total. The summed E-state index contributed by atoms with van der Waals surface area (Å²) < 4.78 is 18.9. The van der Waals surface area contributed by atoms with Gasteiger partial charge in [0.25, 0.3) is 0 Å². The zero-order chi connectivity index (χ0) is 13.8. The largest absolute Gasteiger partial charge is 0.486 e. The second-order valence-electron chi connectivity index (χ2n) is 3.76. The normalized spacial score (nSPS) is 10.0. The molecule has 2 aromatic carbocycles. The van der Waals surface area contributed by atoms with E-state index in [1.165, 1.54) is 12.1 Å². The van der Waals surface area contributed by atoms with Gasteiger partial charge in [-0.15, -0.1) is 0 Å². The van der Waals surface area contributed by atoms with Gasteiger partial charge in [0.15, 0.2) is 11.6 Å². The summed E-state index contributed by atoms with van der Waals surface area (Å²) in [6.07, 6.45) is 0. The van der Waals surface area contributed by atoms with Gasteiger partial charge in [-0.05, 0) is 24.3 Å². The molecule has 0 unspecified atom stereocenters. The third-order valence-electron chi connectivity index (χ3n) is 2.48. The second-order valence-corrected chi connectivity index (χ2v) is 4.54. The zero-order valence-electron chi connectivity index (χ0n) is 9.66. The third kappa shape index (κ3) is 3.17. The summed E-state index contributed by atoms with van der Waals surface area (Å²) in [5.41, 5.74) is 0.906. The first kappa shape index (κ1) is 13.7. The fourth-order valence-electron chi connectivity index (χ4n) is 1.50. The summed E-state index contributed by atoms with van der Waals surface area (Å²) in [6.45, 7) is 0.0994. The number of halogens is 3. The molecule has 0 radical (unpaired) electrons. The van der Waals surface area contributed by atoms with E-state index in [-0.39, 0.29) is 17.9 Å². The minimum absolute atomic E-state index is 0.0649. The summed E-state index contributed by atoms with van der Waals surface area (Å²) in [4.78, 5) is 0. The number of ether oxygens (including phenoxy) is 1. The fourth-order valence-corrected chi connectivity index (χ4v) is 1.88. The highest BCUT2D eigenvalue weighted by molar-refractivity contribution is 6.42. The Balaban J connectivity index is 2.15. The van der Waals surface area contributed by atoms with Gasteiger partial charge in [0.05, 0.1) is 21.7 Å². The SMILES string of the molecule is N#Cc1ccc(OCc2cccc(Cl)c2Cl)c(F)c1. The Kier molecular flexibility index (Phi) is 4.26. The minimum atomic E-state index is -0.586. The lowest BCUT2D eigenvalue weighted by molar-refractivity contribution is 0.290.